The number of hydrogen-bond acceptors (Lipinski definition) is 4. The third-order valence-corrected chi connectivity index (χ3v) is 2.07. The second-order valence-electron chi connectivity index (χ2n) is 2.06. The maximum atomic E-state index is 10.9. The van der Waals surface area contributed by atoms with Crippen LogP contribution < -0.4 is 0 Å². The number of esters is 1. The van der Waals surface area contributed by atoms with E-state index in [1.165, 1.54) is 17.6 Å². The minimum absolute atomic E-state index is 0.235. The zero-order valence-corrected chi connectivity index (χ0v) is 7.10. The van der Waals surface area contributed by atoms with Crippen LogP contribution in [0.3, 0.4) is 0 Å². The van der Waals surface area contributed by atoms with Crippen molar-refractivity contribution in [3.8, 4) is 0 Å². The van der Waals surface area contributed by atoms with Gasteiger partial charge in [0.2, 0.25) is 6.29 Å². The minimum Gasteiger partial charge on any atom is -0.457 e. The molecule has 0 aromatic carbocycles. The summed E-state index contributed by atoms with van der Waals surface area (Å²) in [4.78, 5) is 21.5. The van der Waals surface area contributed by atoms with Crippen molar-refractivity contribution in [3.05, 3.63) is 22.4 Å². The Bertz CT molecular complexity index is 253. The first-order valence-electron chi connectivity index (χ1n) is 3.36. The molecule has 0 unspecified atom stereocenters. The van der Waals surface area contributed by atoms with E-state index in [9.17, 15) is 9.59 Å². The molecule has 63 valence electrons. The Morgan fingerprint density at radius 1 is 1.67 bits per heavy atom. The van der Waals surface area contributed by atoms with Crippen LogP contribution in [0.4, 0.5) is 0 Å². The van der Waals surface area contributed by atoms with Crippen LogP contribution in [-0.2, 0) is 20.7 Å². The Balaban J connectivity index is 2.32. The molecule has 3 nitrogen and oxygen atoms in total. The van der Waals surface area contributed by atoms with Crippen molar-refractivity contribution in [1.82, 2.24) is 0 Å². The fourth-order valence-electron chi connectivity index (χ4n) is 0.716. The molecule has 0 atom stereocenters. The van der Waals surface area contributed by atoms with E-state index < -0.39 is 0 Å². The fraction of sp³-hybridized carbons (Fsp3) is 0.250. The first kappa shape index (κ1) is 8.93. The van der Waals surface area contributed by atoms with Crippen LogP contribution in [-0.4, -0.2) is 18.9 Å². The molecule has 4 heteroatoms. The molecule has 0 saturated heterocycles. The number of rotatable bonds is 4. The smallest absolute Gasteiger partial charge is 0.311 e. The number of thiophene rings is 1. The molecule has 1 aromatic heterocycles. The molecule has 0 aliphatic rings. The van der Waals surface area contributed by atoms with Gasteiger partial charge in [-0.3, -0.25) is 9.59 Å². The molecule has 0 spiro atoms. The van der Waals surface area contributed by atoms with E-state index in [4.69, 9.17) is 0 Å². The van der Waals surface area contributed by atoms with E-state index >= 15 is 0 Å². The van der Waals surface area contributed by atoms with Gasteiger partial charge in [-0.1, -0.05) is 6.07 Å². The number of ether oxygens (including phenoxy) is 1. The number of carbonyl (C=O) groups is 1. The summed E-state index contributed by atoms with van der Waals surface area (Å²) in [6, 6.07) is 3.70. The second-order valence-corrected chi connectivity index (χ2v) is 3.09. The Morgan fingerprint density at radius 2 is 2.50 bits per heavy atom. The largest absolute Gasteiger partial charge is 0.457 e. The molecular formula is C8H7O3S. The van der Waals surface area contributed by atoms with Gasteiger partial charge in [-0.25, -0.2) is 0 Å². The van der Waals surface area contributed by atoms with Gasteiger partial charge in [0, 0.05) is 4.88 Å². The van der Waals surface area contributed by atoms with Crippen LogP contribution in [0.5, 0.6) is 0 Å². The molecule has 12 heavy (non-hydrogen) atoms. The molecule has 0 fully saturated rings. The average molecular weight is 183 g/mol. The Labute approximate surface area is 74.0 Å². The third kappa shape index (κ3) is 2.84. The van der Waals surface area contributed by atoms with Gasteiger partial charge in [0.1, 0.15) is 0 Å². The highest BCUT2D eigenvalue weighted by molar-refractivity contribution is 7.10. The van der Waals surface area contributed by atoms with Crippen LogP contribution in [0.2, 0.25) is 0 Å². The molecular weight excluding hydrogens is 176 g/mol. The number of carbonyl (C=O) groups excluding carboxylic acids is 2. The highest BCUT2D eigenvalue weighted by Gasteiger charge is 2.04. The SMILES string of the molecule is O=[C]COC(=O)Cc1cccs1. The highest BCUT2D eigenvalue weighted by atomic mass is 32.1. The lowest BCUT2D eigenvalue weighted by molar-refractivity contribution is -0.141. The van der Waals surface area contributed by atoms with Gasteiger partial charge in [0.05, 0.1) is 6.42 Å². The molecule has 0 aliphatic carbocycles. The lowest BCUT2D eigenvalue weighted by Crippen LogP contribution is -2.08. The van der Waals surface area contributed by atoms with Crippen LogP contribution in [0, 0.1) is 0 Å². The molecule has 0 N–H and O–H groups in total. The maximum absolute atomic E-state index is 10.9. The van der Waals surface area contributed by atoms with Crippen LogP contribution >= 0.6 is 11.3 Å². The molecule has 1 aromatic rings. The number of hydrogen-bond donors (Lipinski definition) is 0. The summed E-state index contributed by atoms with van der Waals surface area (Å²) >= 11 is 1.49. The van der Waals surface area contributed by atoms with Crippen LogP contribution in [0.25, 0.3) is 0 Å². The first-order valence-corrected chi connectivity index (χ1v) is 4.24. The molecule has 0 aliphatic heterocycles. The molecule has 1 heterocycles. The topological polar surface area (TPSA) is 43.4 Å². The summed E-state index contributed by atoms with van der Waals surface area (Å²) in [5.74, 6) is -0.388. The van der Waals surface area contributed by atoms with E-state index in [-0.39, 0.29) is 19.0 Å². The monoisotopic (exact) mass is 183 g/mol. The first-order chi connectivity index (χ1) is 5.83. The third-order valence-electron chi connectivity index (χ3n) is 1.19. The van der Waals surface area contributed by atoms with Crippen molar-refractivity contribution in [2.75, 3.05) is 6.61 Å². The van der Waals surface area contributed by atoms with Gasteiger partial charge in [-0.2, -0.15) is 0 Å². The summed E-state index contributed by atoms with van der Waals surface area (Å²) < 4.78 is 4.51. The van der Waals surface area contributed by atoms with E-state index in [0.717, 1.165) is 4.88 Å². The Hall–Kier alpha value is -1.16. The predicted molar refractivity (Wildman–Crippen MR) is 44.7 cm³/mol. The highest BCUT2D eigenvalue weighted by Crippen LogP contribution is 2.09. The van der Waals surface area contributed by atoms with Crippen LogP contribution in [0.15, 0.2) is 17.5 Å². The van der Waals surface area contributed by atoms with Gasteiger partial charge < -0.3 is 4.74 Å². The van der Waals surface area contributed by atoms with Crippen molar-refractivity contribution >= 4 is 23.6 Å². The summed E-state index contributed by atoms with van der Waals surface area (Å²) in [5.41, 5.74) is 0. The quantitative estimate of drug-likeness (QED) is 0.652. The van der Waals surface area contributed by atoms with E-state index in [0.29, 0.717) is 0 Å². The zero-order valence-electron chi connectivity index (χ0n) is 6.28. The van der Waals surface area contributed by atoms with Crippen LogP contribution in [0.1, 0.15) is 4.88 Å². The fourth-order valence-corrected chi connectivity index (χ4v) is 1.41. The lowest BCUT2D eigenvalue weighted by atomic mass is 10.3. The van der Waals surface area contributed by atoms with Crippen molar-refractivity contribution in [2.45, 2.75) is 6.42 Å². The van der Waals surface area contributed by atoms with Crippen molar-refractivity contribution in [1.29, 1.82) is 0 Å². The van der Waals surface area contributed by atoms with E-state index in [2.05, 4.69) is 4.74 Å². The zero-order chi connectivity index (χ0) is 8.81. The minimum atomic E-state index is -0.388. The molecule has 0 amide bonds. The van der Waals surface area contributed by atoms with Gasteiger partial charge in [0.25, 0.3) is 0 Å². The molecule has 0 bridgehead atoms. The summed E-state index contributed by atoms with van der Waals surface area (Å²) in [5, 5.41) is 1.88. The molecule has 0 saturated carbocycles. The Morgan fingerprint density at radius 3 is 3.08 bits per heavy atom. The van der Waals surface area contributed by atoms with E-state index in [1.807, 2.05) is 17.5 Å². The maximum Gasteiger partial charge on any atom is 0.311 e. The van der Waals surface area contributed by atoms with Crippen molar-refractivity contribution in [2.24, 2.45) is 0 Å². The van der Waals surface area contributed by atoms with Crippen molar-refractivity contribution < 1.29 is 14.3 Å². The predicted octanol–water partition coefficient (Wildman–Crippen LogP) is 0.943. The van der Waals surface area contributed by atoms with E-state index in [1.54, 1.807) is 0 Å². The van der Waals surface area contributed by atoms with Gasteiger partial charge in [-0.05, 0) is 11.4 Å². The molecule has 1 radical (unpaired) electrons. The summed E-state index contributed by atoms with van der Waals surface area (Å²) in [6.45, 7) is -0.274. The van der Waals surface area contributed by atoms with Gasteiger partial charge >= 0.3 is 5.97 Å². The standard InChI is InChI=1S/C8H7O3S/c9-3-4-11-8(10)6-7-2-1-5-12-7/h1-2,5H,4,6H2. The summed E-state index contributed by atoms with van der Waals surface area (Å²) in [7, 11) is 0. The molecule has 1 rings (SSSR count). The normalized spacial score (nSPS) is 9.33. The lowest BCUT2D eigenvalue weighted by Gasteiger charge is -1.96. The van der Waals surface area contributed by atoms with Crippen molar-refractivity contribution in [3.63, 3.8) is 0 Å². The van der Waals surface area contributed by atoms with Gasteiger partial charge in [0.15, 0.2) is 6.61 Å². The summed E-state index contributed by atoms with van der Waals surface area (Å²) in [6.07, 6.45) is 1.72. The van der Waals surface area contributed by atoms with Gasteiger partial charge in [-0.15, -0.1) is 11.3 Å². The Kier molecular flexibility index (Phi) is 3.47. The second kappa shape index (κ2) is 4.66. The average Bonchev–Trinajstić information content (AvgIpc) is 2.53.